The van der Waals surface area contributed by atoms with Gasteiger partial charge in [0.25, 0.3) is 0 Å². The smallest absolute Gasteiger partial charge is 0.343 e. The summed E-state index contributed by atoms with van der Waals surface area (Å²) in [5, 5.41) is 0.485. The molecule has 0 spiro atoms. The first kappa shape index (κ1) is 42.3. The summed E-state index contributed by atoms with van der Waals surface area (Å²) in [4.78, 5) is 27.9. The lowest BCUT2D eigenvalue weighted by atomic mass is 9.87. The van der Waals surface area contributed by atoms with E-state index >= 15 is 0 Å². The molecule has 0 bridgehead atoms. The van der Waals surface area contributed by atoms with Gasteiger partial charge in [0, 0.05) is 0 Å². The van der Waals surface area contributed by atoms with E-state index in [9.17, 15) is 9.59 Å². The lowest BCUT2D eigenvalue weighted by Gasteiger charge is -2.46. The molecule has 7 aromatic rings. The maximum Gasteiger partial charge on any atom is 0.343 e. The van der Waals surface area contributed by atoms with Crippen molar-refractivity contribution >= 4 is 22.7 Å². The highest BCUT2D eigenvalue weighted by molar-refractivity contribution is 6.08. The van der Waals surface area contributed by atoms with Crippen molar-refractivity contribution in [1.82, 2.24) is 0 Å². The predicted molar refractivity (Wildman–Crippen MR) is 233 cm³/mol. The molecule has 1 fully saturated rings. The number of carbonyl (C=O) groups is 2. The summed E-state index contributed by atoms with van der Waals surface area (Å²) in [6.45, 7) is 2.40. The van der Waals surface area contributed by atoms with Crippen LogP contribution in [0.4, 0.5) is 0 Å². The first-order valence-corrected chi connectivity index (χ1v) is 20.6. The van der Waals surface area contributed by atoms with Gasteiger partial charge < -0.3 is 37.6 Å². The summed E-state index contributed by atoms with van der Waals surface area (Å²) in [7, 11) is 1.46. The van der Waals surface area contributed by atoms with Gasteiger partial charge in [-0.25, -0.2) is 4.79 Å². The van der Waals surface area contributed by atoms with Crippen LogP contribution in [0.5, 0.6) is 11.5 Å². The molecule has 8 rings (SSSR count). The molecule has 10 heteroatoms. The third-order valence-electron chi connectivity index (χ3n) is 10.8. The molecule has 0 radical (unpaired) electrons. The van der Waals surface area contributed by atoms with E-state index in [2.05, 4.69) is 0 Å². The molecule has 10 nitrogen and oxygen atoms in total. The molecule has 0 amide bonds. The second-order valence-corrected chi connectivity index (χ2v) is 15.0. The van der Waals surface area contributed by atoms with Gasteiger partial charge in [0.15, 0.2) is 11.5 Å². The van der Waals surface area contributed by atoms with Crippen LogP contribution >= 0.6 is 0 Å². The molecule has 0 saturated carbocycles. The number of carbonyl (C=O) groups excluding carboxylic acids is 2. The minimum absolute atomic E-state index is 0.0483. The molecule has 316 valence electrons. The Labute approximate surface area is 360 Å². The van der Waals surface area contributed by atoms with Crippen molar-refractivity contribution in [2.45, 2.75) is 63.9 Å². The van der Waals surface area contributed by atoms with Crippen LogP contribution in [0.3, 0.4) is 0 Å². The van der Waals surface area contributed by atoms with Gasteiger partial charge in [-0.15, -0.1) is 0 Å². The third-order valence-corrected chi connectivity index (χ3v) is 10.8. The molecule has 6 aromatic carbocycles. The van der Waals surface area contributed by atoms with Crippen molar-refractivity contribution in [2.24, 2.45) is 0 Å². The summed E-state index contributed by atoms with van der Waals surface area (Å²) in [5.41, 5.74) is 4.67. The quantitative estimate of drug-likeness (QED) is 0.0471. The Morgan fingerprint density at radius 1 is 0.565 bits per heavy atom. The van der Waals surface area contributed by atoms with Crippen LogP contribution < -0.4 is 9.47 Å². The Kier molecular flexibility index (Phi) is 13.9. The topological polar surface area (TPSA) is 112 Å². The largest absolute Gasteiger partial charge is 0.495 e. The number of hydrogen-bond acceptors (Lipinski definition) is 10. The molecule has 5 atom stereocenters. The van der Waals surface area contributed by atoms with Gasteiger partial charge in [0.2, 0.25) is 0 Å². The van der Waals surface area contributed by atoms with Crippen LogP contribution in [-0.2, 0) is 50.1 Å². The first-order valence-electron chi connectivity index (χ1n) is 20.6. The van der Waals surface area contributed by atoms with E-state index in [-0.39, 0.29) is 60.2 Å². The normalized spacial score (nSPS) is 18.6. The van der Waals surface area contributed by atoms with Gasteiger partial charge in [-0.05, 0) is 47.4 Å². The number of ketones is 1. The molecular formula is C52H48O10. The lowest BCUT2D eigenvalue weighted by Crippen LogP contribution is -2.58. The van der Waals surface area contributed by atoms with E-state index in [0.29, 0.717) is 12.0 Å². The number of furan rings is 1. The number of fused-ring (bicyclic) bond motifs is 1. The fourth-order valence-corrected chi connectivity index (χ4v) is 7.82. The van der Waals surface area contributed by atoms with Gasteiger partial charge in [0.1, 0.15) is 47.4 Å². The Hall–Kier alpha value is -6.40. The summed E-state index contributed by atoms with van der Waals surface area (Å²) < 4.78 is 53.1. The zero-order valence-electron chi connectivity index (χ0n) is 34.6. The molecule has 0 N–H and O–H groups in total. The fraction of sp³-hybridized carbons (Fsp3) is 0.231. The second kappa shape index (κ2) is 20.4. The predicted octanol–water partition coefficient (Wildman–Crippen LogP) is 10.3. The van der Waals surface area contributed by atoms with Gasteiger partial charge in [-0.2, -0.15) is 0 Å². The summed E-state index contributed by atoms with van der Waals surface area (Å²) in [6, 6.07) is 49.7. The molecule has 1 saturated heterocycles. The molecular weight excluding hydrogens is 785 g/mol. The molecule has 62 heavy (non-hydrogen) atoms. The van der Waals surface area contributed by atoms with Crippen molar-refractivity contribution in [3.8, 4) is 11.5 Å². The van der Waals surface area contributed by atoms with E-state index in [4.69, 9.17) is 37.6 Å². The second-order valence-electron chi connectivity index (χ2n) is 15.0. The number of rotatable bonds is 18. The Morgan fingerprint density at radius 3 is 1.56 bits per heavy atom. The SMILES string of the molecule is COc1c(C(C)=O)c(OC(=O)c2ccccc2)c([C@@H]2O[C@H](COCc3ccccc3)[C@@H](OCc3ccccc3)[C@H](OCc3ccccc3)[C@H]2OCc2ccccc2)c2occc12. The van der Waals surface area contributed by atoms with E-state index in [1.54, 1.807) is 36.4 Å². The van der Waals surface area contributed by atoms with Crippen LogP contribution in [0, 0.1) is 0 Å². The average Bonchev–Trinajstić information content (AvgIpc) is 3.80. The lowest BCUT2D eigenvalue weighted by molar-refractivity contribution is -0.275. The highest BCUT2D eigenvalue weighted by Crippen LogP contribution is 2.50. The van der Waals surface area contributed by atoms with Crippen LogP contribution in [0.1, 0.15) is 61.6 Å². The fourth-order valence-electron chi connectivity index (χ4n) is 7.82. The van der Waals surface area contributed by atoms with Crippen LogP contribution in [0.2, 0.25) is 0 Å². The number of ether oxygens (including phenoxy) is 7. The van der Waals surface area contributed by atoms with Crippen LogP contribution in [0.15, 0.2) is 168 Å². The zero-order chi connectivity index (χ0) is 42.7. The van der Waals surface area contributed by atoms with Gasteiger partial charge in [-0.1, -0.05) is 140 Å². The average molecular weight is 833 g/mol. The van der Waals surface area contributed by atoms with Crippen molar-refractivity contribution in [3.63, 3.8) is 0 Å². The van der Waals surface area contributed by atoms with E-state index < -0.39 is 42.3 Å². The van der Waals surface area contributed by atoms with Gasteiger partial charge in [-0.3, -0.25) is 4.79 Å². The zero-order valence-corrected chi connectivity index (χ0v) is 34.6. The minimum Gasteiger partial charge on any atom is -0.495 e. The third kappa shape index (κ3) is 9.87. The van der Waals surface area contributed by atoms with Crippen LogP contribution in [-0.4, -0.2) is 49.9 Å². The highest BCUT2D eigenvalue weighted by atomic mass is 16.6. The molecule has 0 aliphatic carbocycles. The summed E-state index contributed by atoms with van der Waals surface area (Å²) in [5.74, 6) is -0.965. The van der Waals surface area contributed by atoms with Gasteiger partial charge in [0.05, 0.1) is 62.9 Å². The monoisotopic (exact) mass is 832 g/mol. The molecule has 2 heterocycles. The Balaban J connectivity index is 1.30. The summed E-state index contributed by atoms with van der Waals surface area (Å²) in [6.07, 6.45) is -2.88. The number of esters is 1. The Bertz CT molecular complexity index is 2510. The highest BCUT2D eigenvalue weighted by Gasteiger charge is 2.51. The minimum atomic E-state index is -1.09. The molecule has 1 aliphatic heterocycles. The molecule has 0 unspecified atom stereocenters. The standard InChI is InChI=1S/C52H48O10/c1-35(53)43-45(55-2)41-28-29-57-46(41)44(48(43)62-52(54)40-26-16-7-17-27-40)49-51(60-33-39-24-14-6-15-25-39)50(59-32-38-22-12-5-13-23-38)47(58-31-37-20-10-4-11-21-37)42(61-49)34-56-30-36-18-8-3-9-19-36/h3-29,42,47,49-51H,30-34H2,1-2H3/t42-,47-,49+,50+,51+/m1/s1. The summed E-state index contributed by atoms with van der Waals surface area (Å²) >= 11 is 0. The van der Waals surface area contributed by atoms with Gasteiger partial charge >= 0.3 is 5.97 Å². The maximum absolute atomic E-state index is 14.1. The van der Waals surface area contributed by atoms with E-state index in [0.717, 1.165) is 22.3 Å². The molecule has 1 aromatic heterocycles. The van der Waals surface area contributed by atoms with E-state index in [1.165, 1.54) is 20.3 Å². The van der Waals surface area contributed by atoms with Crippen molar-refractivity contribution in [1.29, 1.82) is 0 Å². The Morgan fingerprint density at radius 2 is 1.05 bits per heavy atom. The van der Waals surface area contributed by atoms with Crippen molar-refractivity contribution in [2.75, 3.05) is 13.7 Å². The van der Waals surface area contributed by atoms with E-state index in [1.807, 2.05) is 121 Å². The van der Waals surface area contributed by atoms with Crippen molar-refractivity contribution < 1.29 is 47.2 Å². The van der Waals surface area contributed by atoms with Crippen LogP contribution in [0.25, 0.3) is 11.0 Å². The molecule has 1 aliphatic rings. The number of Topliss-reactive ketones (excluding diaryl/α,β-unsaturated/α-hetero) is 1. The maximum atomic E-state index is 14.1. The first-order chi connectivity index (χ1) is 30.5. The number of hydrogen-bond donors (Lipinski definition) is 0. The van der Waals surface area contributed by atoms with Crippen molar-refractivity contribution in [3.05, 3.63) is 203 Å². The number of methoxy groups -OCH3 is 1. The number of benzene rings is 6.